The fourth-order valence-corrected chi connectivity index (χ4v) is 7.07. The highest BCUT2D eigenvalue weighted by atomic mass is 16.2. The molecule has 0 radical (unpaired) electrons. The smallest absolute Gasteiger partial charge is 0.251 e. The van der Waals surface area contributed by atoms with Crippen LogP contribution in [0.2, 0.25) is 0 Å². The molecule has 1 aliphatic heterocycles. The van der Waals surface area contributed by atoms with Gasteiger partial charge in [0.15, 0.2) is 0 Å². The van der Waals surface area contributed by atoms with Crippen LogP contribution in [0.3, 0.4) is 0 Å². The first-order valence-corrected chi connectivity index (χ1v) is 11.9. The summed E-state index contributed by atoms with van der Waals surface area (Å²) >= 11 is 0. The number of amides is 3. The Morgan fingerprint density at radius 2 is 1.48 bits per heavy atom. The highest BCUT2D eigenvalue weighted by Gasteiger charge is 2.55. The minimum absolute atomic E-state index is 0.0276. The van der Waals surface area contributed by atoms with E-state index in [1.807, 2.05) is 6.07 Å². The Kier molecular flexibility index (Phi) is 5.49. The van der Waals surface area contributed by atoms with Gasteiger partial charge in [0.05, 0.1) is 12.0 Å². The van der Waals surface area contributed by atoms with E-state index >= 15 is 0 Å². The molecule has 5 fully saturated rings. The van der Waals surface area contributed by atoms with Crippen molar-refractivity contribution in [3.05, 3.63) is 35.9 Å². The van der Waals surface area contributed by atoms with Gasteiger partial charge in [-0.05, 0) is 81.3 Å². The normalized spacial score (nSPS) is 32.0. The first-order valence-electron chi connectivity index (χ1n) is 11.9. The molecule has 5 aliphatic rings. The number of hydrogen-bond donors (Lipinski definition) is 2. The van der Waals surface area contributed by atoms with Crippen LogP contribution in [0.15, 0.2) is 30.3 Å². The maximum absolute atomic E-state index is 13.5. The molecule has 6 rings (SSSR count). The van der Waals surface area contributed by atoms with Gasteiger partial charge in [0.2, 0.25) is 11.8 Å². The molecule has 3 amide bonds. The lowest BCUT2D eigenvalue weighted by Gasteiger charge is -2.57. The third kappa shape index (κ3) is 4.21. The van der Waals surface area contributed by atoms with Crippen LogP contribution in [0, 0.1) is 23.2 Å². The molecule has 4 saturated carbocycles. The molecule has 1 aromatic rings. The van der Waals surface area contributed by atoms with Gasteiger partial charge in [-0.15, -0.1) is 0 Å². The van der Waals surface area contributed by atoms with Gasteiger partial charge in [0.25, 0.3) is 5.91 Å². The molecular weight excluding hydrogens is 390 g/mol. The number of carbonyl (C=O) groups excluding carboxylic acids is 3. The molecule has 0 atom stereocenters. The minimum atomic E-state index is -0.244. The zero-order valence-electron chi connectivity index (χ0n) is 18.1. The van der Waals surface area contributed by atoms with Crippen molar-refractivity contribution in [2.24, 2.45) is 23.2 Å². The van der Waals surface area contributed by atoms with Gasteiger partial charge in [-0.2, -0.15) is 0 Å². The highest BCUT2D eigenvalue weighted by Crippen LogP contribution is 2.60. The Hall–Kier alpha value is -2.37. The molecule has 1 heterocycles. The summed E-state index contributed by atoms with van der Waals surface area (Å²) in [5, 5.41) is 5.70. The number of piperidine rings is 1. The largest absolute Gasteiger partial charge is 0.352 e. The Bertz CT molecular complexity index is 810. The Morgan fingerprint density at radius 3 is 2.06 bits per heavy atom. The summed E-state index contributed by atoms with van der Waals surface area (Å²) in [6.07, 6.45) is 8.94. The van der Waals surface area contributed by atoms with E-state index in [1.54, 1.807) is 24.3 Å². The molecule has 2 N–H and O–H groups in total. The average molecular weight is 424 g/mol. The van der Waals surface area contributed by atoms with Crippen molar-refractivity contribution in [2.45, 2.75) is 57.4 Å². The number of benzene rings is 1. The van der Waals surface area contributed by atoms with E-state index < -0.39 is 0 Å². The third-order valence-corrected chi connectivity index (χ3v) is 8.08. The van der Waals surface area contributed by atoms with E-state index in [4.69, 9.17) is 0 Å². The van der Waals surface area contributed by atoms with E-state index in [9.17, 15) is 14.4 Å². The summed E-state index contributed by atoms with van der Waals surface area (Å²) < 4.78 is 0. The molecule has 4 bridgehead atoms. The van der Waals surface area contributed by atoms with Crippen LogP contribution in [-0.2, 0) is 9.59 Å². The van der Waals surface area contributed by atoms with Crippen molar-refractivity contribution in [3.63, 3.8) is 0 Å². The summed E-state index contributed by atoms with van der Waals surface area (Å²) in [5.41, 5.74) is 0.471. The number of likely N-dealkylation sites (tertiary alicyclic amines) is 1. The topological polar surface area (TPSA) is 78.5 Å². The lowest BCUT2D eigenvalue weighted by molar-refractivity contribution is -0.158. The lowest BCUT2D eigenvalue weighted by Crippen LogP contribution is -2.57. The molecule has 0 aromatic heterocycles. The minimum Gasteiger partial charge on any atom is -0.352 e. The number of hydrogen-bond acceptors (Lipinski definition) is 3. The van der Waals surface area contributed by atoms with E-state index in [-0.39, 0.29) is 29.8 Å². The number of nitrogens with zero attached hydrogens (tertiary/aromatic N) is 1. The summed E-state index contributed by atoms with van der Waals surface area (Å²) in [5.74, 6) is 2.31. The quantitative estimate of drug-likeness (QED) is 0.764. The van der Waals surface area contributed by atoms with Gasteiger partial charge in [0, 0.05) is 24.7 Å². The van der Waals surface area contributed by atoms with Crippen molar-refractivity contribution in [1.29, 1.82) is 0 Å². The zero-order valence-corrected chi connectivity index (χ0v) is 18.1. The molecule has 6 nitrogen and oxygen atoms in total. The average Bonchev–Trinajstić information content (AvgIpc) is 2.77. The van der Waals surface area contributed by atoms with Crippen molar-refractivity contribution in [1.82, 2.24) is 15.5 Å². The maximum atomic E-state index is 13.5. The molecule has 0 spiro atoms. The van der Waals surface area contributed by atoms with E-state index in [0.29, 0.717) is 11.5 Å². The van der Waals surface area contributed by atoms with Crippen LogP contribution in [-0.4, -0.2) is 48.3 Å². The predicted octanol–water partition coefficient (Wildman–Crippen LogP) is 2.74. The fourth-order valence-electron chi connectivity index (χ4n) is 7.07. The highest BCUT2D eigenvalue weighted by molar-refractivity contribution is 5.96. The summed E-state index contributed by atoms with van der Waals surface area (Å²) in [7, 11) is 0. The van der Waals surface area contributed by atoms with Gasteiger partial charge < -0.3 is 15.5 Å². The van der Waals surface area contributed by atoms with Gasteiger partial charge >= 0.3 is 0 Å². The predicted molar refractivity (Wildman–Crippen MR) is 117 cm³/mol. The van der Waals surface area contributed by atoms with Gasteiger partial charge in [-0.1, -0.05) is 18.2 Å². The maximum Gasteiger partial charge on any atom is 0.251 e. The molecule has 1 aromatic carbocycles. The first-order chi connectivity index (χ1) is 15.0. The lowest BCUT2D eigenvalue weighted by atomic mass is 9.49. The molecule has 166 valence electrons. The second-order valence-corrected chi connectivity index (χ2v) is 10.4. The fraction of sp³-hybridized carbons (Fsp3) is 0.640. The first kappa shape index (κ1) is 20.5. The zero-order chi connectivity index (χ0) is 21.4. The monoisotopic (exact) mass is 423 g/mol. The van der Waals surface area contributed by atoms with Crippen LogP contribution in [0.25, 0.3) is 0 Å². The Balaban J connectivity index is 1.08. The Labute approximate surface area is 184 Å². The van der Waals surface area contributed by atoms with E-state index in [1.165, 1.54) is 19.3 Å². The van der Waals surface area contributed by atoms with E-state index in [0.717, 1.165) is 62.9 Å². The summed E-state index contributed by atoms with van der Waals surface area (Å²) in [6, 6.07) is 8.97. The number of rotatable bonds is 5. The van der Waals surface area contributed by atoms with Crippen molar-refractivity contribution >= 4 is 17.7 Å². The van der Waals surface area contributed by atoms with Crippen LogP contribution < -0.4 is 10.6 Å². The van der Waals surface area contributed by atoms with Crippen molar-refractivity contribution in [3.8, 4) is 0 Å². The van der Waals surface area contributed by atoms with Crippen LogP contribution in [0.5, 0.6) is 0 Å². The van der Waals surface area contributed by atoms with Crippen molar-refractivity contribution < 1.29 is 14.4 Å². The molecule has 6 heteroatoms. The van der Waals surface area contributed by atoms with Crippen LogP contribution in [0.1, 0.15) is 61.7 Å². The number of nitrogens with one attached hydrogen (secondary N) is 2. The number of carbonyl (C=O) groups is 3. The van der Waals surface area contributed by atoms with Gasteiger partial charge in [-0.3, -0.25) is 14.4 Å². The second-order valence-electron chi connectivity index (χ2n) is 10.4. The summed E-state index contributed by atoms with van der Waals surface area (Å²) in [4.78, 5) is 39.9. The Morgan fingerprint density at radius 1 is 0.903 bits per heavy atom. The van der Waals surface area contributed by atoms with Crippen molar-refractivity contribution in [2.75, 3.05) is 19.6 Å². The van der Waals surface area contributed by atoms with Gasteiger partial charge in [-0.25, -0.2) is 0 Å². The molecule has 4 aliphatic carbocycles. The van der Waals surface area contributed by atoms with Gasteiger partial charge in [0.1, 0.15) is 0 Å². The SMILES string of the molecule is O=C(CNC(=O)c1ccccc1)NC1CCN(C(=O)C23CC4CC(CC(C4)C2)C3)CC1. The molecular formula is C25H33N3O3. The summed E-state index contributed by atoms with van der Waals surface area (Å²) in [6.45, 7) is 1.42. The standard InChI is InChI=1S/C25H33N3O3/c29-22(16-26-23(30)20-4-2-1-3-5-20)27-21-6-8-28(9-7-21)24(31)25-13-17-10-18(14-25)12-19(11-17)15-25/h1-5,17-19,21H,6-16H2,(H,26,30)(H,27,29). The molecule has 31 heavy (non-hydrogen) atoms. The molecule has 0 unspecified atom stereocenters. The second kappa shape index (κ2) is 8.29. The molecule has 1 saturated heterocycles. The third-order valence-electron chi connectivity index (χ3n) is 8.08. The van der Waals surface area contributed by atoms with E-state index in [2.05, 4.69) is 15.5 Å². The van der Waals surface area contributed by atoms with Crippen LogP contribution >= 0.6 is 0 Å². The van der Waals surface area contributed by atoms with Crippen LogP contribution in [0.4, 0.5) is 0 Å².